The van der Waals surface area contributed by atoms with Crippen molar-refractivity contribution in [2.24, 2.45) is 0 Å². The van der Waals surface area contributed by atoms with Crippen molar-refractivity contribution in [3.63, 3.8) is 0 Å². The van der Waals surface area contributed by atoms with E-state index in [1.807, 2.05) is 19.0 Å². The third-order valence-corrected chi connectivity index (χ3v) is 1.89. The second-order valence-electron chi connectivity index (χ2n) is 3.45. The summed E-state index contributed by atoms with van der Waals surface area (Å²) in [4.78, 5) is 17.2. The first-order chi connectivity index (χ1) is 7.11. The highest BCUT2D eigenvalue weighted by atomic mass is 16.3. The Hall–Kier alpha value is -1.62. The molecule has 0 spiro atoms. The third kappa shape index (κ3) is 3.55. The molecule has 0 aliphatic rings. The van der Waals surface area contributed by atoms with Gasteiger partial charge in [0.05, 0.1) is 11.8 Å². The molecule has 0 bridgehead atoms. The summed E-state index contributed by atoms with van der Waals surface area (Å²) < 4.78 is 0. The van der Waals surface area contributed by atoms with Crippen LogP contribution in [0.4, 0.5) is 0 Å². The van der Waals surface area contributed by atoms with Gasteiger partial charge >= 0.3 is 0 Å². The fourth-order valence-corrected chi connectivity index (χ4v) is 1.07. The Bertz CT molecular complexity index is 339. The van der Waals surface area contributed by atoms with E-state index in [4.69, 9.17) is 0 Å². The minimum absolute atomic E-state index is 0.0974. The van der Waals surface area contributed by atoms with E-state index < -0.39 is 0 Å². The van der Waals surface area contributed by atoms with Gasteiger partial charge in [0.25, 0.3) is 5.91 Å². The SMILES string of the molecule is CN(C)CCNC(=O)c1ccncc1O. The zero-order valence-corrected chi connectivity index (χ0v) is 8.90. The van der Waals surface area contributed by atoms with E-state index >= 15 is 0 Å². The number of rotatable bonds is 4. The van der Waals surface area contributed by atoms with Crippen molar-refractivity contribution in [1.82, 2.24) is 15.2 Å². The fourth-order valence-electron chi connectivity index (χ4n) is 1.07. The van der Waals surface area contributed by atoms with Crippen LogP contribution in [-0.4, -0.2) is 48.1 Å². The van der Waals surface area contributed by atoms with E-state index in [-0.39, 0.29) is 17.2 Å². The molecule has 5 heteroatoms. The Morgan fingerprint density at radius 3 is 2.93 bits per heavy atom. The molecular formula is C10H15N3O2. The monoisotopic (exact) mass is 209 g/mol. The molecule has 0 saturated heterocycles. The van der Waals surface area contributed by atoms with E-state index in [0.29, 0.717) is 6.54 Å². The highest BCUT2D eigenvalue weighted by Gasteiger charge is 2.09. The van der Waals surface area contributed by atoms with E-state index in [0.717, 1.165) is 6.54 Å². The van der Waals surface area contributed by atoms with Crippen LogP contribution in [0.2, 0.25) is 0 Å². The Kier molecular flexibility index (Phi) is 4.05. The maximum Gasteiger partial charge on any atom is 0.255 e. The summed E-state index contributed by atoms with van der Waals surface area (Å²) in [5.41, 5.74) is 0.253. The smallest absolute Gasteiger partial charge is 0.255 e. The average Bonchev–Trinajstić information content (AvgIpc) is 2.17. The van der Waals surface area contributed by atoms with Crippen LogP contribution in [0.25, 0.3) is 0 Å². The number of aromatic hydroxyl groups is 1. The van der Waals surface area contributed by atoms with Gasteiger partial charge in [0.2, 0.25) is 0 Å². The van der Waals surface area contributed by atoms with Crippen molar-refractivity contribution < 1.29 is 9.90 Å². The quantitative estimate of drug-likeness (QED) is 0.737. The molecule has 0 aliphatic carbocycles. The lowest BCUT2D eigenvalue weighted by atomic mass is 10.2. The first-order valence-electron chi connectivity index (χ1n) is 4.67. The largest absolute Gasteiger partial charge is 0.505 e. The number of likely N-dealkylation sites (N-methyl/N-ethyl adjacent to an activating group) is 1. The normalized spacial score (nSPS) is 10.3. The van der Waals surface area contributed by atoms with Crippen molar-refractivity contribution >= 4 is 5.91 Å². The Labute approximate surface area is 88.7 Å². The summed E-state index contributed by atoms with van der Waals surface area (Å²) in [6.07, 6.45) is 2.72. The second kappa shape index (κ2) is 5.31. The topological polar surface area (TPSA) is 65.5 Å². The number of aromatic nitrogens is 1. The zero-order chi connectivity index (χ0) is 11.3. The maximum atomic E-state index is 11.5. The summed E-state index contributed by atoms with van der Waals surface area (Å²) in [6, 6.07) is 1.49. The third-order valence-electron chi connectivity index (χ3n) is 1.89. The first kappa shape index (κ1) is 11.5. The Balaban J connectivity index is 2.51. The predicted molar refractivity (Wildman–Crippen MR) is 56.8 cm³/mol. The zero-order valence-electron chi connectivity index (χ0n) is 8.90. The van der Waals surface area contributed by atoms with Gasteiger partial charge in [-0.2, -0.15) is 0 Å². The molecule has 1 amide bonds. The predicted octanol–water partition coefficient (Wildman–Crippen LogP) is 0.0786. The van der Waals surface area contributed by atoms with Crippen LogP contribution in [-0.2, 0) is 0 Å². The molecule has 1 heterocycles. The molecule has 1 aromatic heterocycles. The van der Waals surface area contributed by atoms with Crippen LogP contribution < -0.4 is 5.32 Å². The minimum atomic E-state index is -0.281. The molecule has 2 N–H and O–H groups in total. The molecule has 5 nitrogen and oxygen atoms in total. The molecule has 0 aliphatic heterocycles. The van der Waals surface area contributed by atoms with E-state index in [9.17, 15) is 9.90 Å². The fraction of sp³-hybridized carbons (Fsp3) is 0.400. The number of hydrogen-bond donors (Lipinski definition) is 2. The van der Waals surface area contributed by atoms with Crippen molar-refractivity contribution in [3.8, 4) is 5.75 Å². The van der Waals surface area contributed by atoms with Crippen LogP contribution in [0.15, 0.2) is 18.5 Å². The van der Waals surface area contributed by atoms with Crippen LogP contribution in [0, 0.1) is 0 Å². The van der Waals surface area contributed by atoms with Gasteiger partial charge in [-0.25, -0.2) is 0 Å². The highest BCUT2D eigenvalue weighted by molar-refractivity contribution is 5.96. The number of nitrogens with one attached hydrogen (secondary N) is 1. The number of amides is 1. The molecule has 0 fully saturated rings. The standard InChI is InChI=1S/C10H15N3O2/c1-13(2)6-5-12-10(15)8-3-4-11-7-9(8)14/h3-4,7,14H,5-6H2,1-2H3,(H,12,15). The molecule has 15 heavy (non-hydrogen) atoms. The van der Waals surface area contributed by atoms with Crippen LogP contribution >= 0.6 is 0 Å². The van der Waals surface area contributed by atoms with Gasteiger partial charge in [-0.15, -0.1) is 0 Å². The molecule has 0 atom stereocenters. The summed E-state index contributed by atoms with van der Waals surface area (Å²) in [5, 5.41) is 12.1. The summed E-state index contributed by atoms with van der Waals surface area (Å²) >= 11 is 0. The summed E-state index contributed by atoms with van der Waals surface area (Å²) in [6.45, 7) is 1.31. The lowest BCUT2D eigenvalue weighted by Crippen LogP contribution is -2.31. The van der Waals surface area contributed by atoms with Crippen LogP contribution in [0.5, 0.6) is 5.75 Å². The molecule has 0 unspecified atom stereocenters. The molecule has 1 aromatic rings. The van der Waals surface area contributed by atoms with Crippen molar-refractivity contribution in [1.29, 1.82) is 0 Å². The van der Waals surface area contributed by atoms with Gasteiger partial charge < -0.3 is 15.3 Å². The number of pyridine rings is 1. The maximum absolute atomic E-state index is 11.5. The Morgan fingerprint density at radius 2 is 2.33 bits per heavy atom. The van der Waals surface area contributed by atoms with Gasteiger partial charge in [0, 0.05) is 19.3 Å². The van der Waals surface area contributed by atoms with Gasteiger partial charge in [-0.3, -0.25) is 9.78 Å². The molecule has 1 rings (SSSR count). The molecular weight excluding hydrogens is 194 g/mol. The first-order valence-corrected chi connectivity index (χ1v) is 4.67. The number of carbonyl (C=O) groups excluding carboxylic acids is 1. The number of carbonyl (C=O) groups is 1. The highest BCUT2D eigenvalue weighted by Crippen LogP contribution is 2.12. The minimum Gasteiger partial charge on any atom is -0.505 e. The van der Waals surface area contributed by atoms with Crippen molar-refractivity contribution in [3.05, 3.63) is 24.0 Å². The number of nitrogens with zero attached hydrogens (tertiary/aromatic N) is 2. The molecule has 0 aromatic carbocycles. The molecule has 82 valence electrons. The van der Waals surface area contributed by atoms with Crippen molar-refractivity contribution in [2.75, 3.05) is 27.2 Å². The van der Waals surface area contributed by atoms with Gasteiger partial charge in [0.15, 0.2) is 0 Å². The molecule has 0 saturated carbocycles. The lowest BCUT2D eigenvalue weighted by molar-refractivity contribution is 0.0948. The van der Waals surface area contributed by atoms with Gasteiger partial charge in [-0.1, -0.05) is 0 Å². The van der Waals surface area contributed by atoms with E-state index in [1.165, 1.54) is 18.5 Å². The van der Waals surface area contributed by atoms with E-state index in [1.54, 1.807) is 0 Å². The second-order valence-corrected chi connectivity index (χ2v) is 3.45. The van der Waals surface area contributed by atoms with Gasteiger partial charge in [0.1, 0.15) is 5.75 Å². The van der Waals surface area contributed by atoms with E-state index in [2.05, 4.69) is 10.3 Å². The summed E-state index contributed by atoms with van der Waals surface area (Å²) in [7, 11) is 3.85. The van der Waals surface area contributed by atoms with Crippen LogP contribution in [0.3, 0.4) is 0 Å². The van der Waals surface area contributed by atoms with Crippen molar-refractivity contribution in [2.45, 2.75) is 0 Å². The average molecular weight is 209 g/mol. The van der Waals surface area contributed by atoms with Gasteiger partial charge in [-0.05, 0) is 20.2 Å². The molecule has 0 radical (unpaired) electrons. The Morgan fingerprint density at radius 1 is 1.60 bits per heavy atom. The summed E-state index contributed by atoms with van der Waals surface area (Å²) in [5.74, 6) is -0.378. The van der Waals surface area contributed by atoms with Crippen LogP contribution in [0.1, 0.15) is 10.4 Å². The number of hydrogen-bond acceptors (Lipinski definition) is 4. The lowest BCUT2D eigenvalue weighted by Gasteiger charge is -2.10.